The van der Waals surface area contributed by atoms with E-state index in [1.54, 1.807) is 0 Å². The molecule has 0 radical (unpaired) electrons. The van der Waals surface area contributed by atoms with Crippen molar-refractivity contribution in [2.24, 2.45) is 0 Å². The number of nitrogens with one attached hydrogen (secondary N) is 1. The van der Waals surface area contributed by atoms with Gasteiger partial charge < -0.3 is 9.47 Å². The first-order valence-corrected chi connectivity index (χ1v) is 13.3. The van der Waals surface area contributed by atoms with Crippen molar-refractivity contribution in [1.29, 1.82) is 0 Å². The molecular formula is C19H24F3N3O7S2. The Bertz CT molecular complexity index is 1230. The number of hydrogen-bond donors (Lipinski definition) is 1. The standard InChI is InChI=1S/C19H24F3N3O7S2/c1-18(34(28,29)17-6-4-5-16(23-17)19(20,21)22)7-8-31-14(10-18)12-9-13(25-24-12)15(11-30-2)32-33(3,26)27/h4-6,9,14-15H,7-8,10-11H2,1-3H3,(H,24,25). The Kier molecular flexibility index (Phi) is 7.43. The van der Waals surface area contributed by atoms with Gasteiger partial charge in [0.1, 0.15) is 17.9 Å². The zero-order chi connectivity index (χ0) is 25.4. The molecule has 1 saturated heterocycles. The summed E-state index contributed by atoms with van der Waals surface area (Å²) < 4.78 is 103. The van der Waals surface area contributed by atoms with Gasteiger partial charge >= 0.3 is 6.18 Å². The summed E-state index contributed by atoms with van der Waals surface area (Å²) in [6, 6.07) is 4.21. The van der Waals surface area contributed by atoms with Crippen LogP contribution in [0.4, 0.5) is 13.2 Å². The molecule has 3 rings (SSSR count). The monoisotopic (exact) mass is 527 g/mol. The van der Waals surface area contributed by atoms with Gasteiger partial charge in [-0.2, -0.15) is 26.7 Å². The first-order valence-electron chi connectivity index (χ1n) is 9.99. The third-order valence-electron chi connectivity index (χ3n) is 5.41. The molecule has 1 N–H and O–H groups in total. The van der Waals surface area contributed by atoms with Crippen LogP contribution >= 0.6 is 0 Å². The summed E-state index contributed by atoms with van der Waals surface area (Å²) >= 11 is 0. The molecule has 34 heavy (non-hydrogen) atoms. The number of H-pyrrole nitrogens is 1. The van der Waals surface area contributed by atoms with Crippen molar-refractivity contribution in [1.82, 2.24) is 15.2 Å². The van der Waals surface area contributed by atoms with Crippen molar-refractivity contribution in [2.75, 3.05) is 26.6 Å². The molecule has 3 heterocycles. The van der Waals surface area contributed by atoms with Gasteiger partial charge in [-0.3, -0.25) is 9.28 Å². The fourth-order valence-electron chi connectivity index (χ4n) is 3.60. The van der Waals surface area contributed by atoms with E-state index in [0.717, 1.165) is 18.4 Å². The predicted molar refractivity (Wildman–Crippen MR) is 112 cm³/mol. The third-order valence-corrected chi connectivity index (χ3v) is 8.44. The minimum Gasteiger partial charge on any atom is -0.382 e. The summed E-state index contributed by atoms with van der Waals surface area (Å²) in [6.07, 6.45) is -5.82. The molecule has 0 bridgehead atoms. The Hall–Kier alpha value is -2.07. The van der Waals surface area contributed by atoms with Crippen molar-refractivity contribution >= 4 is 20.0 Å². The van der Waals surface area contributed by atoms with Crippen LogP contribution < -0.4 is 0 Å². The highest BCUT2D eigenvalue weighted by atomic mass is 32.2. The molecule has 2 aromatic rings. The lowest BCUT2D eigenvalue weighted by molar-refractivity contribution is -0.141. The Balaban J connectivity index is 1.87. The van der Waals surface area contributed by atoms with Gasteiger partial charge in [-0.25, -0.2) is 13.4 Å². The topological polar surface area (TPSA) is 138 Å². The normalized spacial score (nSPS) is 23.1. The summed E-state index contributed by atoms with van der Waals surface area (Å²) in [4.78, 5) is 3.35. The number of methoxy groups -OCH3 is 1. The van der Waals surface area contributed by atoms with Crippen LogP contribution in [-0.2, 0) is 39.8 Å². The lowest BCUT2D eigenvalue weighted by Crippen LogP contribution is -2.42. The number of sulfone groups is 1. The highest BCUT2D eigenvalue weighted by molar-refractivity contribution is 7.92. The Morgan fingerprint density at radius 2 is 2.00 bits per heavy atom. The number of aromatic amines is 1. The average Bonchev–Trinajstić information content (AvgIpc) is 3.22. The average molecular weight is 528 g/mol. The number of alkyl halides is 3. The summed E-state index contributed by atoms with van der Waals surface area (Å²) in [5.74, 6) is 0. The van der Waals surface area contributed by atoms with Crippen molar-refractivity contribution < 1.29 is 43.7 Å². The van der Waals surface area contributed by atoms with Crippen LogP contribution in [0.2, 0.25) is 0 Å². The van der Waals surface area contributed by atoms with E-state index in [9.17, 15) is 30.0 Å². The second kappa shape index (κ2) is 9.53. The number of aromatic nitrogens is 3. The zero-order valence-electron chi connectivity index (χ0n) is 18.5. The van der Waals surface area contributed by atoms with E-state index >= 15 is 0 Å². The van der Waals surface area contributed by atoms with Gasteiger partial charge in [-0.05, 0) is 38.0 Å². The summed E-state index contributed by atoms with van der Waals surface area (Å²) in [7, 11) is -6.74. The molecule has 190 valence electrons. The lowest BCUT2D eigenvalue weighted by Gasteiger charge is -2.37. The van der Waals surface area contributed by atoms with Gasteiger partial charge in [-0.15, -0.1) is 0 Å². The number of rotatable bonds is 8. The summed E-state index contributed by atoms with van der Waals surface area (Å²) in [6.45, 7) is 1.32. The molecule has 2 aromatic heterocycles. The van der Waals surface area contributed by atoms with Crippen molar-refractivity contribution in [3.05, 3.63) is 41.3 Å². The highest BCUT2D eigenvalue weighted by Crippen LogP contribution is 2.42. The van der Waals surface area contributed by atoms with Gasteiger partial charge in [0.2, 0.25) is 9.84 Å². The van der Waals surface area contributed by atoms with E-state index in [2.05, 4.69) is 15.2 Å². The van der Waals surface area contributed by atoms with Crippen LogP contribution in [0.25, 0.3) is 0 Å². The van der Waals surface area contributed by atoms with Crippen LogP contribution in [0.5, 0.6) is 0 Å². The molecule has 3 atom stereocenters. The molecule has 3 unspecified atom stereocenters. The van der Waals surface area contributed by atoms with E-state index < -0.39 is 53.8 Å². The van der Waals surface area contributed by atoms with Crippen LogP contribution in [0.1, 0.15) is 49.1 Å². The van der Waals surface area contributed by atoms with E-state index in [1.165, 1.54) is 20.1 Å². The second-order valence-corrected chi connectivity index (χ2v) is 12.1. The Labute approximate surface area is 194 Å². The number of hydrogen-bond acceptors (Lipinski definition) is 9. The molecule has 0 amide bonds. The van der Waals surface area contributed by atoms with Crippen molar-refractivity contribution in [3.8, 4) is 0 Å². The molecule has 0 spiro atoms. The van der Waals surface area contributed by atoms with Crippen LogP contribution in [0.15, 0.2) is 29.3 Å². The number of nitrogens with zero attached hydrogens (tertiary/aromatic N) is 2. The van der Waals surface area contributed by atoms with E-state index in [4.69, 9.17) is 13.7 Å². The van der Waals surface area contributed by atoms with E-state index in [1.807, 2.05) is 0 Å². The van der Waals surface area contributed by atoms with Crippen LogP contribution in [-0.4, -0.2) is 63.3 Å². The molecule has 1 fully saturated rings. The molecular weight excluding hydrogens is 503 g/mol. The largest absolute Gasteiger partial charge is 0.433 e. The molecule has 15 heteroatoms. The SMILES string of the molecule is COCC(OS(C)(=O)=O)c1cc(C2CC(C)(S(=O)(=O)c3cccc(C(F)(F)F)n3)CCO2)[nH]n1. The predicted octanol–water partition coefficient (Wildman–Crippen LogP) is 2.57. The van der Waals surface area contributed by atoms with Gasteiger partial charge in [0.05, 0.1) is 29.0 Å². The quantitative estimate of drug-likeness (QED) is 0.513. The first-order chi connectivity index (χ1) is 15.7. The fraction of sp³-hybridized carbons (Fsp3) is 0.579. The molecule has 0 saturated carbocycles. The Morgan fingerprint density at radius 3 is 2.62 bits per heavy atom. The minimum atomic E-state index is -4.79. The van der Waals surface area contributed by atoms with Crippen LogP contribution in [0, 0.1) is 0 Å². The Morgan fingerprint density at radius 1 is 1.29 bits per heavy atom. The maximum Gasteiger partial charge on any atom is 0.433 e. The summed E-state index contributed by atoms with van der Waals surface area (Å²) in [5.41, 5.74) is -0.749. The minimum absolute atomic E-state index is 0.00898. The van der Waals surface area contributed by atoms with Gasteiger partial charge in [0.15, 0.2) is 5.03 Å². The lowest BCUT2D eigenvalue weighted by atomic mass is 9.94. The molecule has 1 aliphatic heterocycles. The molecule has 1 aliphatic rings. The number of ether oxygens (including phenoxy) is 2. The highest BCUT2D eigenvalue weighted by Gasteiger charge is 2.47. The zero-order valence-corrected chi connectivity index (χ0v) is 20.1. The maximum absolute atomic E-state index is 13.3. The van der Waals surface area contributed by atoms with Gasteiger partial charge in [-0.1, -0.05) is 6.07 Å². The molecule has 0 aliphatic carbocycles. The van der Waals surface area contributed by atoms with Gasteiger partial charge in [0, 0.05) is 13.7 Å². The van der Waals surface area contributed by atoms with Gasteiger partial charge in [0.25, 0.3) is 10.1 Å². The van der Waals surface area contributed by atoms with Crippen molar-refractivity contribution in [3.63, 3.8) is 0 Å². The van der Waals surface area contributed by atoms with Crippen molar-refractivity contribution in [2.45, 2.75) is 47.9 Å². The summed E-state index contributed by atoms with van der Waals surface area (Å²) in [5, 5.41) is 6.06. The maximum atomic E-state index is 13.3. The fourth-order valence-corrected chi connectivity index (χ4v) is 5.88. The smallest absolute Gasteiger partial charge is 0.382 e. The molecule has 0 aromatic carbocycles. The number of halogens is 3. The molecule has 10 nitrogen and oxygen atoms in total. The van der Waals surface area contributed by atoms with E-state index in [-0.39, 0.29) is 31.7 Å². The van der Waals surface area contributed by atoms with Crippen LogP contribution in [0.3, 0.4) is 0 Å². The first kappa shape index (κ1) is 26.5. The third kappa shape index (κ3) is 5.76. The second-order valence-electron chi connectivity index (χ2n) is 8.12. The van der Waals surface area contributed by atoms with E-state index in [0.29, 0.717) is 11.8 Å². The number of pyridine rings is 1.